The second kappa shape index (κ2) is 9.93. The highest BCUT2D eigenvalue weighted by Gasteiger charge is 2.75. The topological polar surface area (TPSA) is 90.4 Å². The van der Waals surface area contributed by atoms with Gasteiger partial charge in [0.2, 0.25) is 17.7 Å². The van der Waals surface area contributed by atoms with E-state index >= 15 is 0 Å². The number of rotatable bonds is 8. The van der Waals surface area contributed by atoms with Crippen LogP contribution in [0.3, 0.4) is 0 Å². The molecule has 2 fully saturated rings. The zero-order valence-electron chi connectivity index (χ0n) is 22.6. The summed E-state index contributed by atoms with van der Waals surface area (Å²) in [7, 11) is 1.75. The average molecular weight is 502 g/mol. The summed E-state index contributed by atoms with van der Waals surface area (Å²) < 4.78 is 6.94. The molecule has 8 heteroatoms. The molecule has 4 heterocycles. The average Bonchev–Trinajstić information content (AvgIpc) is 3.14. The molecular formula is C28H43N3O5. The molecule has 1 spiro atoms. The molecule has 36 heavy (non-hydrogen) atoms. The van der Waals surface area contributed by atoms with E-state index in [1.54, 1.807) is 16.8 Å². The van der Waals surface area contributed by atoms with E-state index in [1.165, 1.54) is 0 Å². The van der Waals surface area contributed by atoms with Gasteiger partial charge in [0, 0.05) is 26.2 Å². The van der Waals surface area contributed by atoms with Crippen molar-refractivity contribution < 1.29 is 24.2 Å². The predicted molar refractivity (Wildman–Crippen MR) is 137 cm³/mol. The fourth-order valence-corrected chi connectivity index (χ4v) is 7.02. The van der Waals surface area contributed by atoms with Gasteiger partial charge in [-0.15, -0.1) is 0 Å². The quantitative estimate of drug-likeness (QED) is 0.516. The van der Waals surface area contributed by atoms with E-state index in [1.807, 2.05) is 56.9 Å². The molecule has 8 nitrogen and oxygen atoms in total. The Morgan fingerprint density at radius 1 is 1.03 bits per heavy atom. The Hall–Kier alpha value is -2.19. The number of nitrogens with zero attached hydrogens (tertiary/aromatic N) is 3. The van der Waals surface area contributed by atoms with Crippen molar-refractivity contribution in [3.05, 3.63) is 24.3 Å². The molecule has 0 radical (unpaired) electrons. The minimum atomic E-state index is -1.27. The SMILES string of the molecule is CCCC(C)N1CC=C[C@]23O[C@@]4(CC)C=CCN(C)C(=O)[C@H]4[C@H]2C(=O)N([C@@H](CO)CC(C)C)C3C1=O. The minimum Gasteiger partial charge on any atom is -0.394 e. The number of carbonyl (C=O) groups excluding carboxylic acids is 3. The molecule has 1 N–H and O–H groups in total. The molecule has 200 valence electrons. The molecule has 0 aliphatic carbocycles. The molecule has 0 aromatic heterocycles. The maximum atomic E-state index is 14.4. The summed E-state index contributed by atoms with van der Waals surface area (Å²) in [5.74, 6) is -1.92. The number of hydrogen-bond donors (Lipinski definition) is 1. The normalized spacial score (nSPS) is 35.6. The fraction of sp³-hybridized carbons (Fsp3) is 0.750. The van der Waals surface area contributed by atoms with Crippen LogP contribution in [0.15, 0.2) is 24.3 Å². The molecule has 0 aromatic carbocycles. The highest BCUT2D eigenvalue weighted by Crippen LogP contribution is 2.59. The zero-order valence-corrected chi connectivity index (χ0v) is 22.6. The molecule has 4 aliphatic heterocycles. The summed E-state index contributed by atoms with van der Waals surface area (Å²) in [6, 6.07) is -1.46. The summed E-state index contributed by atoms with van der Waals surface area (Å²) in [5.41, 5.74) is -2.23. The summed E-state index contributed by atoms with van der Waals surface area (Å²) in [6.07, 6.45) is 10.6. The van der Waals surface area contributed by atoms with Crippen molar-refractivity contribution in [3.8, 4) is 0 Å². The van der Waals surface area contributed by atoms with Crippen LogP contribution in [0.2, 0.25) is 0 Å². The standard InChI is InChI=1S/C28H43N3O5/c1-7-11-19(5)30-15-10-13-28-22(21-24(33)29(6)14-9-12-27(21,8-2)36-28)25(34)31(23(28)26(30)35)20(17-32)16-18(3)4/h9-10,12-13,18-23,32H,7-8,11,14-17H2,1-6H3/t19?,20-,21-,22+,23?,27+,28+/m1/s1. The minimum absolute atomic E-state index is 0.00402. The second-order valence-corrected chi connectivity index (χ2v) is 11.5. The van der Waals surface area contributed by atoms with Gasteiger partial charge in [-0.1, -0.05) is 58.4 Å². The third kappa shape index (κ3) is 3.92. The van der Waals surface area contributed by atoms with Crippen LogP contribution in [0.5, 0.6) is 0 Å². The number of aliphatic hydroxyl groups excluding tert-OH is 1. The van der Waals surface area contributed by atoms with Gasteiger partial charge in [-0.25, -0.2) is 0 Å². The Morgan fingerprint density at radius 3 is 2.33 bits per heavy atom. The van der Waals surface area contributed by atoms with E-state index in [-0.39, 0.29) is 36.3 Å². The molecule has 2 unspecified atom stereocenters. The van der Waals surface area contributed by atoms with Crippen LogP contribution in [0.4, 0.5) is 0 Å². The first-order valence-electron chi connectivity index (χ1n) is 13.6. The lowest BCUT2D eigenvalue weighted by atomic mass is 9.73. The van der Waals surface area contributed by atoms with Gasteiger partial charge in [0.05, 0.1) is 30.1 Å². The van der Waals surface area contributed by atoms with Crippen molar-refractivity contribution >= 4 is 17.7 Å². The van der Waals surface area contributed by atoms with E-state index in [2.05, 4.69) is 6.92 Å². The number of amides is 3. The van der Waals surface area contributed by atoms with Crippen LogP contribution in [0.25, 0.3) is 0 Å². The summed E-state index contributed by atoms with van der Waals surface area (Å²) in [4.78, 5) is 47.6. The molecule has 0 bridgehead atoms. The smallest absolute Gasteiger partial charge is 0.249 e. The number of carbonyl (C=O) groups is 3. The Labute approximate surface area is 215 Å². The fourth-order valence-electron chi connectivity index (χ4n) is 7.02. The van der Waals surface area contributed by atoms with Crippen LogP contribution < -0.4 is 0 Å². The first kappa shape index (κ1) is 26.9. The van der Waals surface area contributed by atoms with Gasteiger partial charge in [-0.05, 0) is 32.1 Å². The third-order valence-corrected chi connectivity index (χ3v) is 8.70. The Balaban J connectivity index is 1.91. The van der Waals surface area contributed by atoms with Crippen molar-refractivity contribution in [3.63, 3.8) is 0 Å². The summed E-state index contributed by atoms with van der Waals surface area (Å²) >= 11 is 0. The van der Waals surface area contributed by atoms with Gasteiger partial charge in [0.25, 0.3) is 0 Å². The van der Waals surface area contributed by atoms with Crippen molar-refractivity contribution in [1.29, 1.82) is 0 Å². The Kier molecular flexibility index (Phi) is 7.41. The third-order valence-electron chi connectivity index (χ3n) is 8.70. The highest BCUT2D eigenvalue weighted by molar-refractivity contribution is 6.00. The van der Waals surface area contributed by atoms with Crippen LogP contribution >= 0.6 is 0 Å². The predicted octanol–water partition coefficient (Wildman–Crippen LogP) is 2.37. The number of ether oxygens (including phenoxy) is 1. The number of hydrogen-bond acceptors (Lipinski definition) is 5. The number of likely N-dealkylation sites (tertiary alicyclic amines) is 1. The van der Waals surface area contributed by atoms with Gasteiger partial charge in [-0.3, -0.25) is 14.4 Å². The molecule has 4 rings (SSSR count). The molecule has 2 saturated heterocycles. The van der Waals surface area contributed by atoms with E-state index in [4.69, 9.17) is 4.74 Å². The molecular weight excluding hydrogens is 458 g/mol. The van der Waals surface area contributed by atoms with Crippen LogP contribution in [0.1, 0.15) is 60.3 Å². The van der Waals surface area contributed by atoms with Crippen molar-refractivity contribution in [1.82, 2.24) is 14.7 Å². The Bertz CT molecular complexity index is 947. The van der Waals surface area contributed by atoms with E-state index < -0.39 is 35.1 Å². The lowest BCUT2D eigenvalue weighted by Crippen LogP contribution is -2.60. The monoisotopic (exact) mass is 501 g/mol. The number of fused-ring (bicyclic) bond motifs is 2. The van der Waals surface area contributed by atoms with Gasteiger partial charge >= 0.3 is 0 Å². The molecule has 0 saturated carbocycles. The van der Waals surface area contributed by atoms with Gasteiger partial charge < -0.3 is 24.5 Å². The van der Waals surface area contributed by atoms with Crippen LogP contribution in [0, 0.1) is 17.8 Å². The highest BCUT2D eigenvalue weighted by atomic mass is 16.5. The van der Waals surface area contributed by atoms with E-state index in [0.29, 0.717) is 25.9 Å². The van der Waals surface area contributed by atoms with Crippen LogP contribution in [-0.2, 0) is 19.1 Å². The molecule has 0 aromatic rings. The second-order valence-electron chi connectivity index (χ2n) is 11.5. The lowest BCUT2D eigenvalue weighted by molar-refractivity contribution is -0.158. The summed E-state index contributed by atoms with van der Waals surface area (Å²) in [5, 5.41) is 10.4. The van der Waals surface area contributed by atoms with Gasteiger partial charge in [-0.2, -0.15) is 0 Å². The first-order valence-corrected chi connectivity index (χ1v) is 13.6. The van der Waals surface area contributed by atoms with E-state index in [9.17, 15) is 19.5 Å². The van der Waals surface area contributed by atoms with Gasteiger partial charge in [0.1, 0.15) is 11.6 Å². The summed E-state index contributed by atoms with van der Waals surface area (Å²) in [6.45, 7) is 10.8. The number of likely N-dealkylation sites (N-methyl/N-ethyl adjacent to an activating group) is 1. The molecule has 7 atom stereocenters. The van der Waals surface area contributed by atoms with E-state index in [0.717, 1.165) is 12.8 Å². The van der Waals surface area contributed by atoms with Crippen molar-refractivity contribution in [2.24, 2.45) is 17.8 Å². The van der Waals surface area contributed by atoms with Crippen molar-refractivity contribution in [2.75, 3.05) is 26.7 Å². The largest absolute Gasteiger partial charge is 0.394 e. The lowest BCUT2D eigenvalue weighted by Gasteiger charge is -2.42. The maximum absolute atomic E-state index is 14.4. The molecule has 4 aliphatic rings. The number of aliphatic hydroxyl groups is 1. The zero-order chi connectivity index (χ0) is 26.4. The molecule has 3 amide bonds. The van der Waals surface area contributed by atoms with Crippen LogP contribution in [-0.4, -0.2) is 93.6 Å². The Morgan fingerprint density at radius 2 is 1.72 bits per heavy atom. The first-order chi connectivity index (χ1) is 17.1. The van der Waals surface area contributed by atoms with Crippen molar-refractivity contribution in [2.45, 2.75) is 89.6 Å². The van der Waals surface area contributed by atoms with Gasteiger partial charge in [0.15, 0.2) is 0 Å². The maximum Gasteiger partial charge on any atom is 0.249 e.